The highest BCUT2D eigenvalue weighted by Gasteiger charge is 1.99. The molecule has 0 atom stereocenters. The van der Waals surface area contributed by atoms with Crippen molar-refractivity contribution in [2.45, 2.75) is 6.92 Å². The number of rotatable bonds is 1. The Morgan fingerprint density at radius 3 is 2.56 bits per heavy atom. The molecule has 0 saturated heterocycles. The number of hydrogen-bond acceptors (Lipinski definition) is 2. The van der Waals surface area contributed by atoms with Crippen LogP contribution in [0.5, 0.6) is 5.88 Å². The van der Waals surface area contributed by atoms with E-state index in [2.05, 4.69) is 5.10 Å². The van der Waals surface area contributed by atoms with Gasteiger partial charge in [-0.15, -0.1) is 5.10 Å². The van der Waals surface area contributed by atoms with Crippen LogP contribution in [0.3, 0.4) is 0 Å². The molecule has 0 aliphatic heterocycles. The van der Waals surface area contributed by atoms with Crippen molar-refractivity contribution in [3.63, 3.8) is 0 Å². The quantitative estimate of drug-likeness (QED) is 0.555. The fourth-order valence-electron chi connectivity index (χ4n) is 0.788. The van der Waals surface area contributed by atoms with Crippen molar-refractivity contribution in [2.24, 2.45) is 7.05 Å². The second-order valence-electron chi connectivity index (χ2n) is 2.00. The molecule has 0 unspecified atom stereocenters. The predicted octanol–water partition coefficient (Wildman–Crippen LogP) is 0.737. The standard InChI is InChI=1S/C6H10N2O/c1-5-4-8(2)7-6(5)9-3/h4H,1-3H3. The van der Waals surface area contributed by atoms with Gasteiger partial charge in [-0.05, 0) is 6.92 Å². The highest BCUT2D eigenvalue weighted by Crippen LogP contribution is 2.11. The molecule has 0 saturated carbocycles. The zero-order chi connectivity index (χ0) is 6.85. The minimum absolute atomic E-state index is 0.706. The van der Waals surface area contributed by atoms with Crippen LogP contribution < -0.4 is 4.74 Å². The molecule has 0 spiro atoms. The maximum Gasteiger partial charge on any atom is 0.235 e. The van der Waals surface area contributed by atoms with Crippen molar-refractivity contribution in [1.82, 2.24) is 9.78 Å². The number of methoxy groups -OCH3 is 1. The van der Waals surface area contributed by atoms with Gasteiger partial charge in [-0.25, -0.2) is 0 Å². The normalized spacial score (nSPS) is 9.67. The minimum Gasteiger partial charge on any atom is -0.480 e. The lowest BCUT2D eigenvalue weighted by Gasteiger charge is -1.90. The second-order valence-corrected chi connectivity index (χ2v) is 2.00. The van der Waals surface area contributed by atoms with Crippen molar-refractivity contribution in [2.75, 3.05) is 7.11 Å². The first-order valence-corrected chi connectivity index (χ1v) is 2.78. The lowest BCUT2D eigenvalue weighted by atomic mass is 10.4. The Balaban J connectivity index is 3.01. The van der Waals surface area contributed by atoms with Gasteiger partial charge in [0.1, 0.15) is 0 Å². The summed E-state index contributed by atoms with van der Waals surface area (Å²) in [5.74, 6) is 0.706. The Kier molecular flexibility index (Phi) is 1.42. The van der Waals surface area contributed by atoms with E-state index in [0.29, 0.717) is 5.88 Å². The van der Waals surface area contributed by atoms with Crippen molar-refractivity contribution >= 4 is 0 Å². The molecule has 3 nitrogen and oxygen atoms in total. The van der Waals surface area contributed by atoms with Crippen LogP contribution in [0.1, 0.15) is 5.56 Å². The van der Waals surface area contributed by atoms with E-state index in [1.165, 1.54) is 0 Å². The fourth-order valence-corrected chi connectivity index (χ4v) is 0.788. The molecular formula is C6H10N2O. The average molecular weight is 126 g/mol. The highest BCUT2D eigenvalue weighted by molar-refractivity contribution is 5.20. The van der Waals surface area contributed by atoms with E-state index in [-0.39, 0.29) is 0 Å². The van der Waals surface area contributed by atoms with Gasteiger partial charge in [-0.2, -0.15) is 0 Å². The smallest absolute Gasteiger partial charge is 0.235 e. The van der Waals surface area contributed by atoms with E-state index in [1.807, 2.05) is 20.2 Å². The zero-order valence-electron chi connectivity index (χ0n) is 5.88. The third-order valence-electron chi connectivity index (χ3n) is 1.16. The number of hydrogen-bond donors (Lipinski definition) is 0. The van der Waals surface area contributed by atoms with Crippen LogP contribution in [-0.4, -0.2) is 16.9 Å². The topological polar surface area (TPSA) is 27.1 Å². The SMILES string of the molecule is COc1nn(C)cc1C. The van der Waals surface area contributed by atoms with Crippen molar-refractivity contribution in [3.8, 4) is 5.88 Å². The molecule has 3 heteroatoms. The van der Waals surface area contributed by atoms with Gasteiger partial charge < -0.3 is 4.74 Å². The van der Waals surface area contributed by atoms with Gasteiger partial charge in [0.05, 0.1) is 7.11 Å². The van der Waals surface area contributed by atoms with Crippen LogP contribution in [0.25, 0.3) is 0 Å². The largest absolute Gasteiger partial charge is 0.480 e. The van der Waals surface area contributed by atoms with Gasteiger partial charge in [0.25, 0.3) is 0 Å². The molecule has 0 radical (unpaired) electrons. The van der Waals surface area contributed by atoms with Gasteiger partial charge in [0.2, 0.25) is 5.88 Å². The molecule has 0 bridgehead atoms. The van der Waals surface area contributed by atoms with Crippen LogP contribution in [0.2, 0.25) is 0 Å². The summed E-state index contributed by atoms with van der Waals surface area (Å²) in [5, 5.41) is 4.02. The van der Waals surface area contributed by atoms with Gasteiger partial charge in [0, 0.05) is 18.8 Å². The summed E-state index contributed by atoms with van der Waals surface area (Å²) in [6, 6.07) is 0. The summed E-state index contributed by atoms with van der Waals surface area (Å²) in [6.07, 6.45) is 1.92. The van der Waals surface area contributed by atoms with Crippen molar-refractivity contribution in [3.05, 3.63) is 11.8 Å². The lowest BCUT2D eigenvalue weighted by Crippen LogP contribution is -1.88. The molecule has 9 heavy (non-hydrogen) atoms. The molecule has 0 aliphatic rings. The predicted molar refractivity (Wildman–Crippen MR) is 34.5 cm³/mol. The number of nitrogens with zero attached hydrogens (tertiary/aromatic N) is 2. The van der Waals surface area contributed by atoms with Crippen LogP contribution in [0.15, 0.2) is 6.20 Å². The van der Waals surface area contributed by atoms with E-state index in [1.54, 1.807) is 11.8 Å². The number of aryl methyl sites for hydroxylation is 2. The summed E-state index contributed by atoms with van der Waals surface area (Å²) in [6.45, 7) is 1.96. The molecule has 0 fully saturated rings. The third-order valence-corrected chi connectivity index (χ3v) is 1.16. The summed E-state index contributed by atoms with van der Waals surface area (Å²) >= 11 is 0. The summed E-state index contributed by atoms with van der Waals surface area (Å²) in [5.41, 5.74) is 1.07. The lowest BCUT2D eigenvalue weighted by molar-refractivity contribution is 0.389. The van der Waals surface area contributed by atoms with E-state index in [0.717, 1.165) is 5.56 Å². The van der Waals surface area contributed by atoms with Gasteiger partial charge in [-0.1, -0.05) is 0 Å². The number of aromatic nitrogens is 2. The molecule has 1 rings (SSSR count). The first kappa shape index (κ1) is 6.13. The highest BCUT2D eigenvalue weighted by atomic mass is 16.5. The molecule has 0 N–H and O–H groups in total. The van der Waals surface area contributed by atoms with Crippen LogP contribution in [0.4, 0.5) is 0 Å². The van der Waals surface area contributed by atoms with E-state index < -0.39 is 0 Å². The Labute approximate surface area is 54.2 Å². The summed E-state index contributed by atoms with van der Waals surface area (Å²) in [4.78, 5) is 0. The second kappa shape index (κ2) is 2.09. The maximum absolute atomic E-state index is 4.93. The fraction of sp³-hybridized carbons (Fsp3) is 0.500. The van der Waals surface area contributed by atoms with E-state index in [9.17, 15) is 0 Å². The average Bonchev–Trinajstić information content (AvgIpc) is 2.10. The van der Waals surface area contributed by atoms with Gasteiger partial charge in [0.15, 0.2) is 0 Å². The monoisotopic (exact) mass is 126 g/mol. The first-order valence-electron chi connectivity index (χ1n) is 2.78. The summed E-state index contributed by atoms with van der Waals surface area (Å²) < 4.78 is 6.66. The van der Waals surface area contributed by atoms with Crippen molar-refractivity contribution in [1.29, 1.82) is 0 Å². The minimum atomic E-state index is 0.706. The van der Waals surface area contributed by atoms with Crippen LogP contribution >= 0.6 is 0 Å². The van der Waals surface area contributed by atoms with Gasteiger partial charge in [-0.3, -0.25) is 4.68 Å². The number of ether oxygens (including phenoxy) is 1. The molecular weight excluding hydrogens is 116 g/mol. The molecule has 0 aromatic carbocycles. The zero-order valence-corrected chi connectivity index (χ0v) is 5.88. The van der Waals surface area contributed by atoms with Crippen LogP contribution in [-0.2, 0) is 7.05 Å². The van der Waals surface area contributed by atoms with Crippen molar-refractivity contribution < 1.29 is 4.74 Å². The molecule has 0 aliphatic carbocycles. The van der Waals surface area contributed by atoms with Crippen LogP contribution in [0, 0.1) is 6.92 Å². The Morgan fingerprint density at radius 2 is 2.33 bits per heavy atom. The molecule has 0 amide bonds. The Bertz CT molecular complexity index is 205. The maximum atomic E-state index is 4.93. The van der Waals surface area contributed by atoms with Gasteiger partial charge >= 0.3 is 0 Å². The van der Waals surface area contributed by atoms with E-state index >= 15 is 0 Å². The first-order chi connectivity index (χ1) is 4.24. The van der Waals surface area contributed by atoms with E-state index in [4.69, 9.17) is 4.74 Å². The molecule has 1 aromatic heterocycles. The summed E-state index contributed by atoms with van der Waals surface area (Å²) in [7, 11) is 3.49. The Hall–Kier alpha value is -0.990. The Morgan fingerprint density at radius 1 is 1.67 bits per heavy atom. The molecule has 1 heterocycles. The molecule has 1 aromatic rings. The third kappa shape index (κ3) is 1.04. The molecule has 50 valence electrons.